The van der Waals surface area contributed by atoms with Gasteiger partial charge in [0, 0.05) is 31.6 Å². The highest BCUT2D eigenvalue weighted by Gasteiger charge is 2.45. The molecule has 4 atom stereocenters. The summed E-state index contributed by atoms with van der Waals surface area (Å²) in [4.78, 5) is 15.0. The minimum atomic E-state index is 0.265. The van der Waals surface area contributed by atoms with Crippen molar-refractivity contribution < 1.29 is 4.79 Å². The molecule has 3 heteroatoms. The first-order valence-electron chi connectivity index (χ1n) is 8.24. The molecule has 19 heavy (non-hydrogen) atoms. The van der Waals surface area contributed by atoms with Gasteiger partial charge in [0.2, 0.25) is 5.91 Å². The minimum absolute atomic E-state index is 0.265. The Hall–Kier alpha value is -0.570. The van der Waals surface area contributed by atoms with Crippen molar-refractivity contribution in [1.29, 1.82) is 0 Å². The van der Waals surface area contributed by atoms with Crippen LogP contribution in [0.3, 0.4) is 0 Å². The van der Waals surface area contributed by atoms with Gasteiger partial charge in [-0.15, -0.1) is 0 Å². The lowest BCUT2D eigenvalue weighted by Crippen LogP contribution is -2.42. The van der Waals surface area contributed by atoms with Crippen molar-refractivity contribution in [1.82, 2.24) is 10.2 Å². The van der Waals surface area contributed by atoms with Crippen molar-refractivity contribution in [3.05, 3.63) is 0 Å². The van der Waals surface area contributed by atoms with E-state index in [0.717, 1.165) is 38.9 Å². The summed E-state index contributed by atoms with van der Waals surface area (Å²) in [6.07, 6.45) is 5.56. The second kappa shape index (κ2) is 6.74. The van der Waals surface area contributed by atoms with Gasteiger partial charge in [0.1, 0.15) is 0 Å². The summed E-state index contributed by atoms with van der Waals surface area (Å²) in [7, 11) is 0. The standard InChI is InChI=1S/C16H30N2O/c1-4-7-8-12(5-2)16(19)18-11-13-9-17-10-14(13)15(18)6-3/h12-15,17H,4-11H2,1-3H3. The lowest BCUT2D eigenvalue weighted by molar-refractivity contribution is -0.137. The third-order valence-electron chi connectivity index (χ3n) is 5.17. The highest BCUT2D eigenvalue weighted by Crippen LogP contribution is 2.35. The summed E-state index contributed by atoms with van der Waals surface area (Å²) >= 11 is 0. The van der Waals surface area contributed by atoms with E-state index in [-0.39, 0.29) is 5.92 Å². The van der Waals surface area contributed by atoms with E-state index in [1.165, 1.54) is 12.8 Å². The van der Waals surface area contributed by atoms with Crippen molar-refractivity contribution in [2.24, 2.45) is 17.8 Å². The van der Waals surface area contributed by atoms with Crippen molar-refractivity contribution >= 4 is 5.91 Å². The molecule has 2 aliphatic heterocycles. The molecule has 2 fully saturated rings. The van der Waals surface area contributed by atoms with Crippen molar-refractivity contribution in [3.8, 4) is 0 Å². The lowest BCUT2D eigenvalue weighted by Gasteiger charge is -2.30. The quantitative estimate of drug-likeness (QED) is 0.801. The van der Waals surface area contributed by atoms with Crippen LogP contribution < -0.4 is 5.32 Å². The van der Waals surface area contributed by atoms with E-state index < -0.39 is 0 Å². The van der Waals surface area contributed by atoms with Crippen LogP contribution in [0.1, 0.15) is 52.9 Å². The highest BCUT2D eigenvalue weighted by molar-refractivity contribution is 5.79. The molecule has 0 aliphatic carbocycles. The van der Waals surface area contributed by atoms with Gasteiger partial charge in [-0.25, -0.2) is 0 Å². The van der Waals surface area contributed by atoms with Crippen LogP contribution in [0, 0.1) is 17.8 Å². The third-order valence-corrected chi connectivity index (χ3v) is 5.17. The Balaban J connectivity index is 2.01. The first-order chi connectivity index (χ1) is 9.22. The molecule has 0 radical (unpaired) electrons. The normalized spacial score (nSPS) is 31.5. The fourth-order valence-corrected chi connectivity index (χ4v) is 3.99. The maximum absolute atomic E-state index is 12.8. The molecule has 4 unspecified atom stereocenters. The molecule has 110 valence electrons. The van der Waals surface area contributed by atoms with Gasteiger partial charge in [-0.05, 0) is 31.1 Å². The Morgan fingerprint density at radius 3 is 2.74 bits per heavy atom. The van der Waals surface area contributed by atoms with Crippen molar-refractivity contribution in [2.45, 2.75) is 58.9 Å². The van der Waals surface area contributed by atoms with Crippen molar-refractivity contribution in [3.63, 3.8) is 0 Å². The van der Waals surface area contributed by atoms with E-state index in [2.05, 4.69) is 31.0 Å². The SMILES string of the molecule is CCCCC(CC)C(=O)N1CC2CNCC2C1CC. The second-order valence-corrected chi connectivity index (χ2v) is 6.30. The van der Waals surface area contributed by atoms with Crippen LogP contribution >= 0.6 is 0 Å². The molecule has 3 nitrogen and oxygen atoms in total. The molecule has 2 rings (SSSR count). The summed E-state index contributed by atoms with van der Waals surface area (Å²) in [5, 5.41) is 3.49. The summed E-state index contributed by atoms with van der Waals surface area (Å²) in [6.45, 7) is 9.82. The molecule has 1 amide bonds. The van der Waals surface area contributed by atoms with Gasteiger partial charge in [-0.3, -0.25) is 4.79 Å². The molecular formula is C16H30N2O. The van der Waals surface area contributed by atoms with Gasteiger partial charge in [-0.2, -0.15) is 0 Å². The van der Waals surface area contributed by atoms with Crippen molar-refractivity contribution in [2.75, 3.05) is 19.6 Å². The third kappa shape index (κ3) is 2.96. The smallest absolute Gasteiger partial charge is 0.225 e. The monoisotopic (exact) mass is 266 g/mol. The number of amides is 1. The van der Waals surface area contributed by atoms with Gasteiger partial charge in [-0.1, -0.05) is 33.6 Å². The molecule has 0 aromatic carbocycles. The maximum atomic E-state index is 12.8. The van der Waals surface area contributed by atoms with E-state index in [4.69, 9.17) is 0 Å². The summed E-state index contributed by atoms with van der Waals surface area (Å²) in [5.74, 6) is 2.12. The predicted molar refractivity (Wildman–Crippen MR) is 78.9 cm³/mol. The summed E-state index contributed by atoms with van der Waals surface area (Å²) in [6, 6.07) is 0.489. The molecule has 0 spiro atoms. The van der Waals surface area contributed by atoms with Gasteiger partial charge < -0.3 is 10.2 Å². The van der Waals surface area contributed by atoms with Crippen LogP contribution in [-0.4, -0.2) is 36.5 Å². The Labute approximate surface area is 118 Å². The maximum Gasteiger partial charge on any atom is 0.225 e. The zero-order valence-electron chi connectivity index (χ0n) is 12.8. The van der Waals surface area contributed by atoms with Crippen LogP contribution in [-0.2, 0) is 4.79 Å². The molecule has 0 aromatic heterocycles. The molecule has 0 bridgehead atoms. The molecular weight excluding hydrogens is 236 g/mol. The van der Waals surface area contributed by atoms with E-state index in [9.17, 15) is 4.79 Å². The number of nitrogens with zero attached hydrogens (tertiary/aromatic N) is 1. The van der Waals surface area contributed by atoms with Gasteiger partial charge >= 0.3 is 0 Å². The number of carbonyl (C=O) groups excluding carboxylic acids is 1. The van der Waals surface area contributed by atoms with Crippen LogP contribution in [0.15, 0.2) is 0 Å². The molecule has 0 aromatic rings. The number of hydrogen-bond acceptors (Lipinski definition) is 2. The zero-order chi connectivity index (χ0) is 13.8. The number of likely N-dealkylation sites (tertiary alicyclic amines) is 1. The highest BCUT2D eigenvalue weighted by atomic mass is 16.2. The van der Waals surface area contributed by atoms with E-state index >= 15 is 0 Å². The predicted octanol–water partition coefficient (Wildman–Crippen LogP) is 2.66. The topological polar surface area (TPSA) is 32.3 Å². The van der Waals surface area contributed by atoms with Gasteiger partial charge in [0.15, 0.2) is 0 Å². The fourth-order valence-electron chi connectivity index (χ4n) is 3.99. The average Bonchev–Trinajstić information content (AvgIpc) is 2.98. The molecule has 0 saturated carbocycles. The molecule has 1 N–H and O–H groups in total. The Bertz CT molecular complexity index is 305. The zero-order valence-corrected chi connectivity index (χ0v) is 12.8. The largest absolute Gasteiger partial charge is 0.339 e. The summed E-state index contributed by atoms with van der Waals surface area (Å²) < 4.78 is 0. The Morgan fingerprint density at radius 1 is 1.32 bits per heavy atom. The molecule has 2 saturated heterocycles. The number of nitrogens with one attached hydrogen (secondary N) is 1. The average molecular weight is 266 g/mol. The van der Waals surface area contributed by atoms with E-state index in [1.54, 1.807) is 0 Å². The van der Waals surface area contributed by atoms with E-state index in [1.807, 2.05) is 0 Å². The lowest BCUT2D eigenvalue weighted by atomic mass is 9.92. The first-order valence-corrected chi connectivity index (χ1v) is 8.24. The first kappa shape index (κ1) is 14.8. The van der Waals surface area contributed by atoms with Crippen LogP contribution in [0.5, 0.6) is 0 Å². The van der Waals surface area contributed by atoms with Crippen LogP contribution in [0.25, 0.3) is 0 Å². The van der Waals surface area contributed by atoms with Gasteiger partial charge in [0.25, 0.3) is 0 Å². The van der Waals surface area contributed by atoms with Gasteiger partial charge in [0.05, 0.1) is 0 Å². The molecule has 2 aliphatic rings. The number of rotatable bonds is 6. The molecule has 2 heterocycles. The van der Waals surface area contributed by atoms with Crippen LogP contribution in [0.2, 0.25) is 0 Å². The number of unbranched alkanes of at least 4 members (excludes halogenated alkanes) is 1. The number of carbonyl (C=O) groups is 1. The Kier molecular flexibility index (Phi) is 5.26. The number of hydrogen-bond donors (Lipinski definition) is 1. The minimum Gasteiger partial charge on any atom is -0.339 e. The second-order valence-electron chi connectivity index (χ2n) is 6.30. The fraction of sp³-hybridized carbons (Fsp3) is 0.938. The number of fused-ring (bicyclic) bond motifs is 1. The summed E-state index contributed by atoms with van der Waals surface area (Å²) in [5.41, 5.74) is 0. The Morgan fingerprint density at radius 2 is 2.11 bits per heavy atom. The van der Waals surface area contributed by atoms with Crippen LogP contribution in [0.4, 0.5) is 0 Å². The van der Waals surface area contributed by atoms with E-state index in [0.29, 0.717) is 23.8 Å².